The van der Waals surface area contributed by atoms with Gasteiger partial charge in [0.05, 0.1) is 17.7 Å². The third kappa shape index (κ3) is 3.59. The van der Waals surface area contributed by atoms with Crippen LogP contribution in [-0.4, -0.2) is 17.8 Å². The van der Waals surface area contributed by atoms with Gasteiger partial charge in [-0.2, -0.15) is 0 Å². The fraction of sp³-hybridized carbons (Fsp3) is 0.400. The fourth-order valence-corrected chi connectivity index (χ4v) is 2.51. The third-order valence-electron chi connectivity index (χ3n) is 3.35. The molecule has 112 valence electrons. The number of hydrogen-bond acceptors (Lipinski definition) is 5. The van der Waals surface area contributed by atoms with Crippen LogP contribution in [0.4, 0.5) is 11.4 Å². The summed E-state index contributed by atoms with van der Waals surface area (Å²) >= 11 is 0. The number of nitro benzene ring substituents is 1. The second-order valence-electron chi connectivity index (χ2n) is 5.92. The van der Waals surface area contributed by atoms with Gasteiger partial charge in [0.15, 0.2) is 5.78 Å². The summed E-state index contributed by atoms with van der Waals surface area (Å²) in [4.78, 5) is 22.2. The number of anilines is 1. The van der Waals surface area contributed by atoms with Gasteiger partial charge in [-0.25, -0.2) is 0 Å². The first-order valence-corrected chi connectivity index (χ1v) is 6.63. The Kier molecular flexibility index (Phi) is 3.97. The van der Waals surface area contributed by atoms with Gasteiger partial charge in [-0.1, -0.05) is 13.8 Å². The third-order valence-corrected chi connectivity index (χ3v) is 3.35. The Morgan fingerprint density at radius 1 is 1.33 bits per heavy atom. The highest BCUT2D eigenvalue weighted by atomic mass is 16.6. The number of non-ortho nitro benzene ring substituents is 1. The lowest BCUT2D eigenvalue weighted by Crippen LogP contribution is -2.24. The number of ketones is 1. The highest BCUT2D eigenvalue weighted by Crippen LogP contribution is 2.36. The van der Waals surface area contributed by atoms with Crippen molar-refractivity contribution in [3.8, 4) is 5.75 Å². The van der Waals surface area contributed by atoms with Crippen LogP contribution in [0.5, 0.6) is 5.75 Å². The average molecular weight is 290 g/mol. The molecule has 2 rings (SSSR count). The van der Waals surface area contributed by atoms with Gasteiger partial charge >= 0.3 is 0 Å². The van der Waals surface area contributed by atoms with E-state index in [-0.39, 0.29) is 16.9 Å². The maximum absolute atomic E-state index is 11.8. The topological polar surface area (TPSA) is 81.5 Å². The number of methoxy groups -OCH3 is 1. The quantitative estimate of drug-likeness (QED) is 0.679. The Hall–Kier alpha value is -2.37. The molecule has 1 aliphatic rings. The number of rotatable bonds is 4. The lowest BCUT2D eigenvalue weighted by molar-refractivity contribution is -0.384. The summed E-state index contributed by atoms with van der Waals surface area (Å²) in [5.41, 5.74) is 1.08. The zero-order valence-electron chi connectivity index (χ0n) is 12.3. The minimum absolute atomic E-state index is 0.0275. The normalized spacial score (nSPS) is 17.1. The number of carbonyl (C=O) groups is 1. The van der Waals surface area contributed by atoms with Gasteiger partial charge in [0, 0.05) is 30.3 Å². The molecule has 0 heterocycles. The highest BCUT2D eigenvalue weighted by molar-refractivity contribution is 5.92. The molecular formula is C15H18N2O4. The second-order valence-corrected chi connectivity index (χ2v) is 5.92. The first-order chi connectivity index (χ1) is 9.80. The predicted molar refractivity (Wildman–Crippen MR) is 79.4 cm³/mol. The van der Waals surface area contributed by atoms with Crippen LogP contribution in [0.3, 0.4) is 0 Å². The summed E-state index contributed by atoms with van der Waals surface area (Å²) in [6.45, 7) is 4.04. The van der Waals surface area contributed by atoms with Crippen molar-refractivity contribution in [2.75, 3.05) is 12.4 Å². The van der Waals surface area contributed by atoms with E-state index in [1.54, 1.807) is 6.08 Å². The number of nitrogens with one attached hydrogen (secondary N) is 1. The monoisotopic (exact) mass is 290 g/mol. The maximum Gasteiger partial charge on any atom is 0.271 e. The zero-order chi connectivity index (χ0) is 15.6. The minimum Gasteiger partial charge on any atom is -0.495 e. The van der Waals surface area contributed by atoms with Gasteiger partial charge in [-0.3, -0.25) is 14.9 Å². The maximum atomic E-state index is 11.8. The molecule has 0 amide bonds. The molecule has 6 nitrogen and oxygen atoms in total. The van der Waals surface area contributed by atoms with Crippen LogP contribution in [-0.2, 0) is 4.79 Å². The lowest BCUT2D eigenvalue weighted by Gasteiger charge is -2.29. The molecule has 1 aliphatic carbocycles. The molecule has 0 aromatic heterocycles. The summed E-state index contributed by atoms with van der Waals surface area (Å²) in [6, 6.07) is 4.33. The second kappa shape index (κ2) is 5.55. The standard InChI is InChI=1S/C15H18N2O4/c1-15(2)8-10(6-12(18)9-15)16-13-7-11(17(19)20)4-5-14(13)21-3/h4-7,16H,8-9H2,1-3H3. The van der Waals surface area contributed by atoms with E-state index in [4.69, 9.17) is 4.74 Å². The summed E-state index contributed by atoms with van der Waals surface area (Å²) < 4.78 is 5.20. The number of carbonyl (C=O) groups excluding carboxylic acids is 1. The van der Waals surface area contributed by atoms with Crippen molar-refractivity contribution in [2.24, 2.45) is 5.41 Å². The number of nitrogens with zero attached hydrogens (tertiary/aromatic N) is 1. The number of ether oxygens (including phenoxy) is 1. The highest BCUT2D eigenvalue weighted by Gasteiger charge is 2.28. The molecule has 0 unspecified atom stereocenters. The molecule has 0 atom stereocenters. The lowest BCUT2D eigenvalue weighted by atomic mass is 9.79. The molecule has 1 aromatic carbocycles. The van der Waals surface area contributed by atoms with E-state index >= 15 is 0 Å². The first kappa shape index (κ1) is 15.0. The van der Waals surface area contributed by atoms with Crippen molar-refractivity contribution in [1.29, 1.82) is 0 Å². The van der Waals surface area contributed by atoms with Gasteiger partial charge in [0.2, 0.25) is 0 Å². The van der Waals surface area contributed by atoms with Crippen LogP contribution in [0, 0.1) is 15.5 Å². The van der Waals surface area contributed by atoms with Crippen LogP contribution in [0.15, 0.2) is 30.0 Å². The number of hydrogen-bond donors (Lipinski definition) is 1. The SMILES string of the molecule is COc1ccc([N+](=O)[O-])cc1NC1=CC(=O)CC(C)(C)C1. The zero-order valence-corrected chi connectivity index (χ0v) is 12.3. The van der Waals surface area contributed by atoms with E-state index in [0.717, 1.165) is 5.70 Å². The molecule has 21 heavy (non-hydrogen) atoms. The minimum atomic E-state index is -0.463. The van der Waals surface area contributed by atoms with Crippen LogP contribution >= 0.6 is 0 Å². The van der Waals surface area contributed by atoms with Crippen molar-refractivity contribution < 1.29 is 14.5 Å². The summed E-state index contributed by atoms with van der Waals surface area (Å²) in [5, 5.41) is 14.0. The smallest absolute Gasteiger partial charge is 0.271 e. The molecular weight excluding hydrogens is 272 g/mol. The van der Waals surface area contributed by atoms with Crippen molar-refractivity contribution >= 4 is 17.2 Å². The Labute approximate surface area is 122 Å². The van der Waals surface area contributed by atoms with E-state index in [1.807, 2.05) is 13.8 Å². The van der Waals surface area contributed by atoms with Crippen LogP contribution in [0.2, 0.25) is 0 Å². The summed E-state index contributed by atoms with van der Waals surface area (Å²) in [7, 11) is 1.50. The van der Waals surface area contributed by atoms with Gasteiger partial charge in [-0.05, 0) is 17.9 Å². The van der Waals surface area contributed by atoms with E-state index in [9.17, 15) is 14.9 Å². The van der Waals surface area contributed by atoms with E-state index in [0.29, 0.717) is 24.3 Å². The van der Waals surface area contributed by atoms with Crippen molar-refractivity contribution in [1.82, 2.24) is 0 Å². The molecule has 0 saturated carbocycles. The fourth-order valence-electron chi connectivity index (χ4n) is 2.51. The summed E-state index contributed by atoms with van der Waals surface area (Å²) in [5.74, 6) is 0.551. The Bertz CT molecular complexity index is 620. The molecule has 1 aromatic rings. The molecule has 0 aliphatic heterocycles. The average Bonchev–Trinajstić information content (AvgIpc) is 2.36. The van der Waals surface area contributed by atoms with Crippen molar-refractivity contribution in [2.45, 2.75) is 26.7 Å². The largest absolute Gasteiger partial charge is 0.495 e. The van der Waals surface area contributed by atoms with Gasteiger partial charge in [0.25, 0.3) is 5.69 Å². The predicted octanol–water partition coefficient (Wildman–Crippen LogP) is 3.29. The van der Waals surface area contributed by atoms with E-state index < -0.39 is 4.92 Å². The first-order valence-electron chi connectivity index (χ1n) is 6.63. The number of allylic oxidation sites excluding steroid dienone is 2. The molecule has 1 N–H and O–H groups in total. The molecule has 0 bridgehead atoms. The number of benzene rings is 1. The van der Waals surface area contributed by atoms with Crippen molar-refractivity contribution in [3.63, 3.8) is 0 Å². The van der Waals surface area contributed by atoms with Crippen molar-refractivity contribution in [3.05, 3.63) is 40.1 Å². The molecule has 0 spiro atoms. The Morgan fingerprint density at radius 2 is 2.05 bits per heavy atom. The molecule has 0 fully saturated rings. The van der Waals surface area contributed by atoms with E-state index in [1.165, 1.54) is 25.3 Å². The van der Waals surface area contributed by atoms with Crippen LogP contribution in [0.1, 0.15) is 26.7 Å². The number of nitro groups is 1. The Morgan fingerprint density at radius 3 is 2.62 bits per heavy atom. The molecule has 0 radical (unpaired) electrons. The van der Waals surface area contributed by atoms with Crippen LogP contribution < -0.4 is 10.1 Å². The summed E-state index contributed by atoms with van der Waals surface area (Å²) in [6.07, 6.45) is 2.76. The molecule has 6 heteroatoms. The van der Waals surface area contributed by atoms with Gasteiger partial charge < -0.3 is 10.1 Å². The van der Waals surface area contributed by atoms with Gasteiger partial charge in [0.1, 0.15) is 5.75 Å². The van der Waals surface area contributed by atoms with E-state index in [2.05, 4.69) is 5.32 Å². The van der Waals surface area contributed by atoms with Crippen LogP contribution in [0.25, 0.3) is 0 Å². The molecule has 0 saturated heterocycles. The van der Waals surface area contributed by atoms with Gasteiger partial charge in [-0.15, -0.1) is 0 Å². The Balaban J connectivity index is 2.32.